The van der Waals surface area contributed by atoms with Crippen molar-refractivity contribution >= 4 is 34.5 Å². The van der Waals surface area contributed by atoms with E-state index in [-0.39, 0.29) is 23.1 Å². The molecule has 212 valence electrons. The zero-order valence-electron chi connectivity index (χ0n) is 23.5. The van der Waals surface area contributed by atoms with Crippen LogP contribution in [0.2, 0.25) is 0 Å². The fourth-order valence-corrected chi connectivity index (χ4v) is 5.34. The van der Waals surface area contributed by atoms with Crippen molar-refractivity contribution < 1.29 is 14.3 Å². The van der Waals surface area contributed by atoms with E-state index in [1.165, 1.54) is 17.5 Å². The lowest BCUT2D eigenvalue weighted by Gasteiger charge is -2.22. The third kappa shape index (κ3) is 6.28. The maximum absolute atomic E-state index is 13.2. The number of carbonyl (C=O) groups is 2. The number of hydrogen-bond acceptors (Lipinski definition) is 10. The molecule has 13 heteroatoms. The molecule has 1 fully saturated rings. The van der Waals surface area contributed by atoms with Gasteiger partial charge in [0.25, 0.3) is 5.91 Å². The summed E-state index contributed by atoms with van der Waals surface area (Å²) in [5.41, 5.74) is 3.85. The molecule has 0 spiro atoms. The van der Waals surface area contributed by atoms with Crippen LogP contribution >= 0.6 is 11.3 Å². The highest BCUT2D eigenvalue weighted by Gasteiger charge is 2.32. The van der Waals surface area contributed by atoms with Gasteiger partial charge in [0.15, 0.2) is 5.01 Å². The van der Waals surface area contributed by atoms with E-state index in [0.29, 0.717) is 35.8 Å². The van der Waals surface area contributed by atoms with E-state index in [1.807, 2.05) is 52.8 Å². The smallest absolute Gasteiger partial charge is 0.407 e. The van der Waals surface area contributed by atoms with E-state index in [4.69, 9.17) is 4.74 Å². The number of nitriles is 1. The van der Waals surface area contributed by atoms with Crippen LogP contribution in [0.4, 0.5) is 10.5 Å². The molecule has 0 radical (unpaired) electrons. The summed E-state index contributed by atoms with van der Waals surface area (Å²) >= 11 is 1.19. The van der Waals surface area contributed by atoms with Gasteiger partial charge in [-0.2, -0.15) is 10.4 Å². The van der Waals surface area contributed by atoms with Gasteiger partial charge in [0.1, 0.15) is 12.2 Å². The van der Waals surface area contributed by atoms with Crippen molar-refractivity contribution in [3.63, 3.8) is 0 Å². The van der Waals surface area contributed by atoms with Crippen molar-refractivity contribution in [2.45, 2.75) is 58.7 Å². The first-order valence-corrected chi connectivity index (χ1v) is 14.1. The number of pyridine rings is 1. The summed E-state index contributed by atoms with van der Waals surface area (Å²) in [6, 6.07) is 9.72. The van der Waals surface area contributed by atoms with Gasteiger partial charge < -0.3 is 20.3 Å². The number of fused-ring (bicyclic) bond motifs is 1. The molecule has 12 nitrogen and oxygen atoms in total. The first kappa shape index (κ1) is 28.0. The molecule has 5 rings (SSSR count). The van der Waals surface area contributed by atoms with Gasteiger partial charge in [-0.05, 0) is 58.9 Å². The first-order valence-electron chi connectivity index (χ1n) is 13.3. The van der Waals surface area contributed by atoms with Gasteiger partial charge in [0, 0.05) is 36.4 Å². The number of amides is 2. The van der Waals surface area contributed by atoms with Crippen LogP contribution in [-0.4, -0.2) is 72.5 Å². The molecule has 0 aromatic carbocycles. The van der Waals surface area contributed by atoms with Crippen molar-refractivity contribution in [2.75, 3.05) is 18.4 Å². The summed E-state index contributed by atoms with van der Waals surface area (Å²) in [7, 11) is 0. The van der Waals surface area contributed by atoms with Crippen molar-refractivity contribution in [3.05, 3.63) is 47.2 Å². The zero-order chi connectivity index (χ0) is 29.3. The summed E-state index contributed by atoms with van der Waals surface area (Å²) in [5, 5.41) is 29.1. The Labute approximate surface area is 241 Å². The normalized spacial score (nSPS) is 15.2. The van der Waals surface area contributed by atoms with E-state index < -0.39 is 11.6 Å². The molecule has 1 saturated heterocycles. The molecule has 1 atom stereocenters. The zero-order valence-corrected chi connectivity index (χ0v) is 24.3. The number of anilines is 1. The van der Waals surface area contributed by atoms with Crippen molar-refractivity contribution in [2.24, 2.45) is 0 Å². The van der Waals surface area contributed by atoms with E-state index in [2.05, 4.69) is 37.0 Å². The number of nitrogens with zero attached hydrogens (tertiary/aromatic N) is 7. The molecule has 41 heavy (non-hydrogen) atoms. The van der Waals surface area contributed by atoms with E-state index >= 15 is 0 Å². The largest absolute Gasteiger partial charge is 0.444 e. The van der Waals surface area contributed by atoms with Gasteiger partial charge in [-0.1, -0.05) is 11.3 Å². The summed E-state index contributed by atoms with van der Waals surface area (Å²) in [5.74, 6) is -0.249. The third-order valence-corrected chi connectivity index (χ3v) is 7.21. The van der Waals surface area contributed by atoms with Gasteiger partial charge in [0.05, 0.1) is 40.8 Å². The van der Waals surface area contributed by atoms with Crippen LogP contribution in [-0.2, 0) is 4.74 Å². The second-order valence-corrected chi connectivity index (χ2v) is 12.2. The Balaban J connectivity index is 1.35. The van der Waals surface area contributed by atoms with Gasteiger partial charge in [-0.15, -0.1) is 10.2 Å². The molecule has 0 aliphatic carbocycles. The first-order chi connectivity index (χ1) is 19.5. The lowest BCUT2D eigenvalue weighted by atomic mass is 10.1. The Morgan fingerprint density at radius 3 is 2.73 bits per heavy atom. The van der Waals surface area contributed by atoms with E-state index in [1.54, 1.807) is 21.7 Å². The van der Waals surface area contributed by atoms with Crippen molar-refractivity contribution in [1.82, 2.24) is 35.0 Å². The Hall–Kier alpha value is -4.57. The Morgan fingerprint density at radius 1 is 1.20 bits per heavy atom. The highest BCUT2D eigenvalue weighted by atomic mass is 32.1. The molecular weight excluding hydrogens is 542 g/mol. The predicted octanol–water partition coefficient (Wildman–Crippen LogP) is 4.35. The minimum atomic E-state index is -0.494. The number of alkyl carbamates (subject to hydrolysis) is 1. The topological polar surface area (TPSA) is 150 Å². The monoisotopic (exact) mass is 573 g/mol. The minimum absolute atomic E-state index is 0.121. The highest BCUT2D eigenvalue weighted by Crippen LogP contribution is 2.34. The number of aromatic nitrogens is 5. The second-order valence-electron chi connectivity index (χ2n) is 11.2. The molecular formula is C28H31N9O3S. The molecule has 1 aliphatic heterocycles. The average molecular weight is 574 g/mol. The fourth-order valence-electron chi connectivity index (χ4n) is 4.50. The lowest BCUT2D eigenvalue weighted by molar-refractivity contribution is 0.0715. The van der Waals surface area contributed by atoms with Crippen LogP contribution in [0.3, 0.4) is 0 Å². The molecule has 2 N–H and O–H groups in total. The van der Waals surface area contributed by atoms with Gasteiger partial charge in [-0.25, -0.2) is 9.31 Å². The van der Waals surface area contributed by atoms with Crippen molar-refractivity contribution in [3.8, 4) is 28.0 Å². The molecule has 4 aromatic heterocycles. The summed E-state index contributed by atoms with van der Waals surface area (Å²) < 4.78 is 7.24. The quantitative estimate of drug-likeness (QED) is 0.343. The molecule has 4 aromatic rings. The Bertz CT molecular complexity index is 1650. The summed E-state index contributed by atoms with van der Waals surface area (Å²) in [6.45, 7) is 10.5. The lowest BCUT2D eigenvalue weighted by Crippen LogP contribution is -2.42. The Morgan fingerprint density at radius 2 is 2.00 bits per heavy atom. The fraction of sp³-hybridized carbons (Fsp3) is 0.393. The molecule has 0 unspecified atom stereocenters. The standard InChI is InChI=1S/C28H31N9O3S/c1-16(2)32-21-11-22(23-7-6-18-10-17(12-29)13-31-37(18)23)30-14-20(21)24-34-35-25(41-24)26(38)36-9-8-19(15-36)40-27(39)33-28(3,4)5/h6-7,10-11,13-14,16,19H,8-9,15H2,1-5H3,(H,30,32)(H,33,39)/t19-/m0/s1. The summed E-state index contributed by atoms with van der Waals surface area (Å²) in [6.07, 6.45) is 2.92. The van der Waals surface area contributed by atoms with E-state index in [9.17, 15) is 14.9 Å². The average Bonchev–Trinajstić information content (AvgIpc) is 3.66. The van der Waals surface area contributed by atoms with Crippen LogP contribution in [0.25, 0.3) is 27.5 Å². The number of rotatable bonds is 6. The molecule has 1 aliphatic rings. The van der Waals surface area contributed by atoms with Crippen LogP contribution < -0.4 is 10.6 Å². The number of hydrogen-bond donors (Lipinski definition) is 2. The third-order valence-electron chi connectivity index (χ3n) is 6.26. The van der Waals surface area contributed by atoms with Crippen LogP contribution in [0.5, 0.6) is 0 Å². The number of likely N-dealkylation sites (tertiary alicyclic amines) is 1. The molecule has 0 saturated carbocycles. The van der Waals surface area contributed by atoms with E-state index in [0.717, 1.165) is 22.5 Å². The highest BCUT2D eigenvalue weighted by molar-refractivity contribution is 7.16. The van der Waals surface area contributed by atoms with Crippen LogP contribution in [0.1, 0.15) is 56.4 Å². The van der Waals surface area contributed by atoms with Crippen LogP contribution in [0.15, 0.2) is 36.7 Å². The van der Waals surface area contributed by atoms with Crippen LogP contribution in [0, 0.1) is 11.3 Å². The number of nitrogens with one attached hydrogen (secondary N) is 2. The van der Waals surface area contributed by atoms with Gasteiger partial charge in [0.2, 0.25) is 5.01 Å². The number of carbonyl (C=O) groups excluding carboxylic acids is 2. The maximum atomic E-state index is 13.2. The SMILES string of the molecule is CC(C)Nc1cc(-c2ccc3cc(C#N)cnn23)ncc1-c1nnc(C(=O)N2CC[C@H](OC(=O)NC(C)(C)C)C2)s1. The maximum Gasteiger partial charge on any atom is 0.407 e. The molecule has 2 amide bonds. The predicted molar refractivity (Wildman–Crippen MR) is 154 cm³/mol. The molecule has 5 heterocycles. The van der Waals surface area contributed by atoms with Gasteiger partial charge >= 0.3 is 6.09 Å². The van der Waals surface area contributed by atoms with Gasteiger partial charge in [-0.3, -0.25) is 9.78 Å². The minimum Gasteiger partial charge on any atom is -0.444 e. The van der Waals surface area contributed by atoms with Crippen molar-refractivity contribution in [1.29, 1.82) is 5.26 Å². The number of ether oxygens (including phenoxy) is 1. The Kier molecular flexibility index (Phi) is 7.59. The molecule has 0 bridgehead atoms. The summed E-state index contributed by atoms with van der Waals surface area (Å²) in [4.78, 5) is 31.7. The second kappa shape index (κ2) is 11.1.